The molecule has 1 N–H and O–H groups in total. The van der Waals surface area contributed by atoms with Crippen LogP contribution in [0.2, 0.25) is 0 Å². The quantitative estimate of drug-likeness (QED) is 0.639. The second-order valence-corrected chi connectivity index (χ2v) is 8.07. The summed E-state index contributed by atoms with van der Waals surface area (Å²) >= 11 is 1.52. The van der Waals surface area contributed by atoms with Crippen LogP contribution in [-0.2, 0) is 11.2 Å². The molecule has 1 unspecified atom stereocenters. The van der Waals surface area contributed by atoms with Gasteiger partial charge in [-0.3, -0.25) is 14.2 Å². The molecular formula is C21H27N3O5S. The molecule has 2 aromatic rings. The molecule has 1 atom stereocenters. The number of aromatic nitrogens is 2. The van der Waals surface area contributed by atoms with Gasteiger partial charge < -0.3 is 19.5 Å². The number of carbonyl (C=O) groups excluding carboxylic acids is 1. The van der Waals surface area contributed by atoms with Crippen molar-refractivity contribution < 1.29 is 19.0 Å². The minimum absolute atomic E-state index is 0.0577. The fourth-order valence-corrected chi connectivity index (χ4v) is 4.62. The lowest BCUT2D eigenvalue weighted by Crippen LogP contribution is -2.32. The van der Waals surface area contributed by atoms with Crippen LogP contribution in [0.25, 0.3) is 0 Å². The number of methoxy groups -OCH3 is 3. The molecule has 1 aliphatic rings. The van der Waals surface area contributed by atoms with Crippen molar-refractivity contribution in [3.63, 3.8) is 0 Å². The summed E-state index contributed by atoms with van der Waals surface area (Å²) in [5, 5.41) is 3.63. The zero-order chi connectivity index (χ0) is 21.8. The SMILES string of the molecule is COc1cc(CCNC(=O)CC2CSc3nc(C)c(C)c(=O)n32)cc(OC)c1OC. The third-order valence-corrected chi connectivity index (χ3v) is 6.30. The largest absolute Gasteiger partial charge is 0.493 e. The van der Waals surface area contributed by atoms with E-state index in [1.54, 1.807) is 32.8 Å². The molecule has 0 saturated heterocycles. The predicted octanol–water partition coefficient (Wildman–Crippen LogP) is 2.28. The summed E-state index contributed by atoms with van der Waals surface area (Å²) in [4.78, 5) is 29.6. The molecule has 30 heavy (non-hydrogen) atoms. The van der Waals surface area contributed by atoms with Gasteiger partial charge in [-0.15, -0.1) is 0 Å². The van der Waals surface area contributed by atoms with Crippen LogP contribution in [-0.4, -0.2) is 49.1 Å². The fourth-order valence-electron chi connectivity index (χ4n) is 3.43. The molecule has 3 rings (SSSR count). The Kier molecular flexibility index (Phi) is 6.91. The lowest BCUT2D eigenvalue weighted by molar-refractivity contribution is -0.121. The smallest absolute Gasteiger partial charge is 0.257 e. The lowest BCUT2D eigenvalue weighted by atomic mass is 10.1. The molecule has 1 aromatic heterocycles. The van der Waals surface area contributed by atoms with Crippen molar-refractivity contribution >= 4 is 17.7 Å². The third kappa shape index (κ3) is 4.40. The maximum atomic E-state index is 12.6. The molecule has 0 bridgehead atoms. The van der Waals surface area contributed by atoms with Crippen LogP contribution in [0.4, 0.5) is 0 Å². The number of fused-ring (bicyclic) bond motifs is 1. The Labute approximate surface area is 179 Å². The molecule has 1 amide bonds. The molecule has 8 nitrogen and oxygen atoms in total. The van der Waals surface area contributed by atoms with Crippen LogP contribution in [0, 0.1) is 13.8 Å². The van der Waals surface area contributed by atoms with E-state index in [-0.39, 0.29) is 23.9 Å². The Hall–Kier alpha value is -2.68. The average Bonchev–Trinajstić information content (AvgIpc) is 3.13. The predicted molar refractivity (Wildman–Crippen MR) is 115 cm³/mol. The molecule has 9 heteroatoms. The van der Waals surface area contributed by atoms with Crippen molar-refractivity contribution in [1.29, 1.82) is 0 Å². The van der Waals surface area contributed by atoms with E-state index in [0.717, 1.165) is 11.3 Å². The number of thioether (sulfide) groups is 1. The number of aryl methyl sites for hydroxylation is 1. The third-order valence-electron chi connectivity index (χ3n) is 5.20. The van der Waals surface area contributed by atoms with Gasteiger partial charge in [0.1, 0.15) is 0 Å². The van der Waals surface area contributed by atoms with Crippen LogP contribution in [0.5, 0.6) is 17.2 Å². The zero-order valence-electron chi connectivity index (χ0n) is 17.9. The standard InChI is InChI=1S/C21H27N3O5S/c1-12-13(2)23-21-24(20(12)26)15(11-30-21)10-18(25)22-7-6-14-8-16(27-3)19(29-5)17(9-14)28-4/h8-9,15H,6-7,10-11H2,1-5H3,(H,22,25). The molecule has 0 saturated carbocycles. The first-order valence-corrected chi connectivity index (χ1v) is 10.7. The number of nitrogens with zero attached hydrogens (tertiary/aromatic N) is 2. The van der Waals surface area contributed by atoms with E-state index < -0.39 is 0 Å². The van der Waals surface area contributed by atoms with Gasteiger partial charge in [-0.25, -0.2) is 4.98 Å². The lowest BCUT2D eigenvalue weighted by Gasteiger charge is -2.15. The zero-order valence-corrected chi connectivity index (χ0v) is 18.7. The maximum Gasteiger partial charge on any atom is 0.257 e. The van der Waals surface area contributed by atoms with Gasteiger partial charge in [-0.05, 0) is 38.0 Å². The van der Waals surface area contributed by atoms with Gasteiger partial charge >= 0.3 is 0 Å². The molecule has 0 aliphatic carbocycles. The highest BCUT2D eigenvalue weighted by Crippen LogP contribution is 2.38. The van der Waals surface area contributed by atoms with E-state index in [2.05, 4.69) is 10.3 Å². The van der Waals surface area contributed by atoms with Crippen LogP contribution in [0.15, 0.2) is 22.1 Å². The highest BCUT2D eigenvalue weighted by atomic mass is 32.2. The molecule has 1 aliphatic heterocycles. The van der Waals surface area contributed by atoms with Gasteiger partial charge in [0.15, 0.2) is 16.7 Å². The van der Waals surface area contributed by atoms with E-state index in [1.165, 1.54) is 11.8 Å². The first-order valence-electron chi connectivity index (χ1n) is 9.67. The fraction of sp³-hybridized carbons (Fsp3) is 0.476. The van der Waals surface area contributed by atoms with Crippen molar-refractivity contribution in [3.8, 4) is 17.2 Å². The summed E-state index contributed by atoms with van der Waals surface area (Å²) in [5.74, 6) is 2.28. The van der Waals surface area contributed by atoms with E-state index in [1.807, 2.05) is 19.1 Å². The Bertz CT molecular complexity index is 980. The summed E-state index contributed by atoms with van der Waals surface area (Å²) in [6.07, 6.45) is 0.859. The van der Waals surface area contributed by atoms with E-state index >= 15 is 0 Å². The highest BCUT2D eigenvalue weighted by molar-refractivity contribution is 7.99. The molecule has 0 radical (unpaired) electrons. The molecule has 0 spiro atoms. The van der Waals surface area contributed by atoms with Crippen molar-refractivity contribution in [3.05, 3.63) is 39.3 Å². The summed E-state index contributed by atoms with van der Waals surface area (Å²) in [6.45, 7) is 4.07. The minimum Gasteiger partial charge on any atom is -0.493 e. The van der Waals surface area contributed by atoms with Crippen LogP contribution in [0.3, 0.4) is 0 Å². The first-order chi connectivity index (χ1) is 14.4. The molecule has 1 aromatic carbocycles. The van der Waals surface area contributed by atoms with Gasteiger partial charge in [0, 0.05) is 30.0 Å². The number of ether oxygens (including phenoxy) is 3. The van der Waals surface area contributed by atoms with Crippen molar-refractivity contribution in [2.45, 2.75) is 37.9 Å². The Morgan fingerprint density at radius 1 is 1.20 bits per heavy atom. The van der Waals surface area contributed by atoms with Crippen molar-refractivity contribution in [2.75, 3.05) is 33.6 Å². The Morgan fingerprint density at radius 2 is 1.87 bits per heavy atom. The molecule has 162 valence electrons. The summed E-state index contributed by atoms with van der Waals surface area (Å²) < 4.78 is 17.7. The number of carbonyl (C=O) groups is 1. The van der Waals surface area contributed by atoms with Gasteiger partial charge in [0.25, 0.3) is 5.56 Å². The van der Waals surface area contributed by atoms with Gasteiger partial charge in [-0.2, -0.15) is 0 Å². The monoisotopic (exact) mass is 433 g/mol. The van der Waals surface area contributed by atoms with Gasteiger partial charge in [0.2, 0.25) is 11.7 Å². The molecule has 2 heterocycles. The summed E-state index contributed by atoms with van der Waals surface area (Å²) in [7, 11) is 4.70. The van der Waals surface area contributed by atoms with E-state index in [9.17, 15) is 9.59 Å². The Balaban J connectivity index is 1.61. The van der Waals surface area contributed by atoms with Gasteiger partial charge in [0.05, 0.1) is 27.4 Å². The summed E-state index contributed by atoms with van der Waals surface area (Å²) in [6, 6.07) is 3.56. The second-order valence-electron chi connectivity index (χ2n) is 7.08. The summed E-state index contributed by atoms with van der Waals surface area (Å²) in [5.41, 5.74) is 2.28. The number of hydrogen-bond donors (Lipinski definition) is 1. The number of rotatable bonds is 8. The molecule has 0 fully saturated rings. The first kappa shape index (κ1) is 22.0. The average molecular weight is 434 g/mol. The van der Waals surface area contributed by atoms with Crippen molar-refractivity contribution in [2.24, 2.45) is 0 Å². The van der Waals surface area contributed by atoms with Crippen LogP contribution in [0.1, 0.15) is 29.3 Å². The number of hydrogen-bond acceptors (Lipinski definition) is 7. The number of nitrogens with one attached hydrogen (secondary N) is 1. The van der Waals surface area contributed by atoms with Crippen molar-refractivity contribution in [1.82, 2.24) is 14.9 Å². The van der Waals surface area contributed by atoms with E-state index in [0.29, 0.717) is 46.7 Å². The number of benzene rings is 1. The van der Waals surface area contributed by atoms with Crippen LogP contribution >= 0.6 is 11.8 Å². The van der Waals surface area contributed by atoms with Crippen LogP contribution < -0.4 is 25.1 Å². The molecular weight excluding hydrogens is 406 g/mol. The second kappa shape index (κ2) is 9.42. The Morgan fingerprint density at radius 3 is 2.47 bits per heavy atom. The topological polar surface area (TPSA) is 91.7 Å². The van der Waals surface area contributed by atoms with Gasteiger partial charge in [-0.1, -0.05) is 11.8 Å². The highest BCUT2D eigenvalue weighted by Gasteiger charge is 2.28. The normalized spacial score (nSPS) is 14.9. The minimum atomic E-state index is -0.175. The maximum absolute atomic E-state index is 12.6. The van der Waals surface area contributed by atoms with E-state index in [4.69, 9.17) is 14.2 Å². The number of amides is 1.